The SMILES string of the molecule is O.O.[H-].[H-].[H-].[H-].[Na+].[Na+].[Na+].[Na+]. The van der Waals surface area contributed by atoms with E-state index in [4.69, 9.17) is 0 Å². The van der Waals surface area contributed by atoms with Gasteiger partial charge in [0.1, 0.15) is 0 Å². The fourth-order valence-corrected chi connectivity index (χ4v) is 0. The van der Waals surface area contributed by atoms with E-state index in [0.717, 1.165) is 0 Å². The van der Waals surface area contributed by atoms with Gasteiger partial charge in [-0.05, 0) is 0 Å². The van der Waals surface area contributed by atoms with Crippen LogP contribution in [0.5, 0.6) is 0 Å². The van der Waals surface area contributed by atoms with Crippen molar-refractivity contribution in [1.82, 2.24) is 0 Å². The molecule has 0 spiro atoms. The van der Waals surface area contributed by atoms with E-state index in [2.05, 4.69) is 0 Å². The predicted octanol–water partition coefficient (Wildman–Crippen LogP) is -13.2. The molecule has 0 bridgehead atoms. The monoisotopic (exact) mass is 132 g/mol. The van der Waals surface area contributed by atoms with Crippen LogP contribution in [0.3, 0.4) is 0 Å². The second-order valence-corrected chi connectivity index (χ2v) is 0. The van der Waals surface area contributed by atoms with Crippen molar-refractivity contribution < 1.29 is 135 Å². The van der Waals surface area contributed by atoms with E-state index in [0.29, 0.717) is 0 Å². The molecular formula is H8Na4O2. The molecule has 0 saturated carbocycles. The molecule has 2 nitrogen and oxygen atoms in total. The molecule has 0 amide bonds. The maximum absolute atomic E-state index is 0. The van der Waals surface area contributed by atoms with Crippen LogP contribution in [0, 0.1) is 0 Å². The standard InChI is InChI=1S/4Na.2H2O.4H/h;;;;2*1H2;;;;/q4*+1;;;4*-1. The van der Waals surface area contributed by atoms with Crippen LogP contribution in [0.15, 0.2) is 0 Å². The summed E-state index contributed by atoms with van der Waals surface area (Å²) >= 11 is 0. The van der Waals surface area contributed by atoms with Crippen molar-refractivity contribution in [2.75, 3.05) is 0 Å². The average Bonchev–Trinajstić information content (AvgIpc) is 0. The fourth-order valence-electron chi connectivity index (χ4n) is 0. The number of rotatable bonds is 0. The average molecular weight is 132 g/mol. The molecule has 0 fully saturated rings. The molecule has 0 aliphatic rings. The van der Waals surface area contributed by atoms with E-state index in [-0.39, 0.29) is 135 Å². The molecule has 0 aromatic carbocycles. The van der Waals surface area contributed by atoms with Crippen molar-refractivity contribution in [3.8, 4) is 0 Å². The molecule has 0 aromatic heterocycles. The Hall–Kier alpha value is 3.92. The van der Waals surface area contributed by atoms with E-state index < -0.39 is 0 Å². The van der Waals surface area contributed by atoms with Gasteiger partial charge in [0.15, 0.2) is 0 Å². The van der Waals surface area contributed by atoms with Gasteiger partial charge in [-0.3, -0.25) is 0 Å². The first-order chi connectivity index (χ1) is 0. The molecular weight excluding hydrogens is 124 g/mol. The molecule has 4 N–H and O–H groups in total. The largest absolute Gasteiger partial charge is 1.00 e. The summed E-state index contributed by atoms with van der Waals surface area (Å²) in [6, 6.07) is 0. The van der Waals surface area contributed by atoms with Gasteiger partial charge in [0.05, 0.1) is 0 Å². The molecule has 0 saturated heterocycles. The van der Waals surface area contributed by atoms with E-state index >= 15 is 0 Å². The van der Waals surface area contributed by atoms with Crippen molar-refractivity contribution in [2.24, 2.45) is 0 Å². The maximum Gasteiger partial charge on any atom is 1.00 e. The Morgan fingerprint density at radius 2 is 0.500 bits per heavy atom. The van der Waals surface area contributed by atoms with Gasteiger partial charge in [-0.2, -0.15) is 0 Å². The second kappa shape index (κ2) is 36.4. The minimum atomic E-state index is 0. The first-order valence-electron chi connectivity index (χ1n) is 0. The zero-order valence-corrected chi connectivity index (χ0v) is 13.0. The van der Waals surface area contributed by atoms with Crippen LogP contribution in [0.25, 0.3) is 0 Å². The summed E-state index contributed by atoms with van der Waals surface area (Å²) < 4.78 is 0. The number of hydrogen-bond acceptors (Lipinski definition) is 0. The minimum absolute atomic E-state index is 0. The molecule has 0 unspecified atom stereocenters. The second-order valence-electron chi connectivity index (χ2n) is 0. The Morgan fingerprint density at radius 3 is 0.500 bits per heavy atom. The summed E-state index contributed by atoms with van der Waals surface area (Å²) in [5.74, 6) is 0. The maximum atomic E-state index is 0. The van der Waals surface area contributed by atoms with Gasteiger partial charge in [0.2, 0.25) is 0 Å². The van der Waals surface area contributed by atoms with Crippen LogP contribution in [0.2, 0.25) is 0 Å². The normalized spacial score (nSPS) is 0. The van der Waals surface area contributed by atoms with Crippen molar-refractivity contribution >= 4 is 0 Å². The summed E-state index contributed by atoms with van der Waals surface area (Å²) in [5, 5.41) is 0. The summed E-state index contributed by atoms with van der Waals surface area (Å²) in [6.07, 6.45) is 0. The molecule has 0 atom stereocenters. The van der Waals surface area contributed by atoms with E-state index in [1.807, 2.05) is 0 Å². The minimum Gasteiger partial charge on any atom is -1.00 e. The summed E-state index contributed by atoms with van der Waals surface area (Å²) in [4.78, 5) is 0. The Morgan fingerprint density at radius 1 is 0.500 bits per heavy atom. The summed E-state index contributed by atoms with van der Waals surface area (Å²) in [7, 11) is 0. The van der Waals surface area contributed by atoms with Gasteiger partial charge in [0.25, 0.3) is 0 Å². The first kappa shape index (κ1) is 51.4. The molecule has 6 heavy (non-hydrogen) atoms. The van der Waals surface area contributed by atoms with E-state index in [1.54, 1.807) is 0 Å². The quantitative estimate of drug-likeness (QED) is 0.294. The Balaban J connectivity index is 0. The smallest absolute Gasteiger partial charge is 1.00 e. The van der Waals surface area contributed by atoms with Crippen molar-refractivity contribution in [1.29, 1.82) is 0 Å². The van der Waals surface area contributed by atoms with Crippen LogP contribution >= 0.6 is 0 Å². The van der Waals surface area contributed by atoms with Gasteiger partial charge < -0.3 is 16.7 Å². The molecule has 0 aliphatic carbocycles. The van der Waals surface area contributed by atoms with Crippen molar-refractivity contribution in [3.05, 3.63) is 0 Å². The molecule has 0 rings (SSSR count). The van der Waals surface area contributed by atoms with Gasteiger partial charge in [-0.25, -0.2) is 0 Å². The first-order valence-corrected chi connectivity index (χ1v) is 0. The van der Waals surface area contributed by atoms with Gasteiger partial charge >= 0.3 is 118 Å². The zero-order chi connectivity index (χ0) is 0. The molecule has 6 heteroatoms. The Labute approximate surface area is 132 Å². The fraction of sp³-hybridized carbons (Fsp3) is 0. The van der Waals surface area contributed by atoms with Crippen molar-refractivity contribution in [2.45, 2.75) is 0 Å². The summed E-state index contributed by atoms with van der Waals surface area (Å²) in [5.41, 5.74) is 0. The molecule has 0 heterocycles. The van der Waals surface area contributed by atoms with Gasteiger partial charge in [0, 0.05) is 0 Å². The third-order valence-corrected chi connectivity index (χ3v) is 0. The molecule has 0 radical (unpaired) electrons. The molecule has 24 valence electrons. The zero-order valence-electron chi connectivity index (χ0n) is 9.00. The van der Waals surface area contributed by atoms with Crippen LogP contribution < -0.4 is 118 Å². The van der Waals surface area contributed by atoms with Crippen LogP contribution in [-0.4, -0.2) is 11.0 Å². The van der Waals surface area contributed by atoms with Crippen LogP contribution in [0.1, 0.15) is 5.71 Å². The predicted molar refractivity (Wildman–Crippen MR) is 11.7 cm³/mol. The summed E-state index contributed by atoms with van der Waals surface area (Å²) in [6.45, 7) is 0. The molecule has 0 aliphatic heterocycles. The van der Waals surface area contributed by atoms with Crippen LogP contribution in [-0.2, 0) is 0 Å². The van der Waals surface area contributed by atoms with E-state index in [1.165, 1.54) is 0 Å². The topological polar surface area (TPSA) is 63.0 Å². The van der Waals surface area contributed by atoms with Gasteiger partial charge in [-0.15, -0.1) is 0 Å². The molecule has 0 aromatic rings. The van der Waals surface area contributed by atoms with Crippen LogP contribution in [0.4, 0.5) is 0 Å². The third kappa shape index (κ3) is 24.7. The number of hydrogen-bond donors (Lipinski definition) is 0. The van der Waals surface area contributed by atoms with Gasteiger partial charge in [-0.1, -0.05) is 0 Å². The van der Waals surface area contributed by atoms with E-state index in [9.17, 15) is 0 Å². The van der Waals surface area contributed by atoms with Crippen molar-refractivity contribution in [3.63, 3.8) is 0 Å². The Kier molecular flexibility index (Phi) is 312. The third-order valence-electron chi connectivity index (χ3n) is 0. The Bertz CT molecular complexity index is 15.2.